The Kier molecular flexibility index (Phi) is 7.02. The van der Waals surface area contributed by atoms with Crippen LogP contribution in [0.1, 0.15) is 18.4 Å². The van der Waals surface area contributed by atoms with E-state index in [0.29, 0.717) is 26.0 Å². The molecule has 12 heteroatoms. The van der Waals surface area contributed by atoms with E-state index >= 15 is 0 Å². The molecule has 1 aromatic heterocycles. The number of rotatable bonds is 7. The number of sulfonamides is 1. The number of alkyl halides is 3. The lowest BCUT2D eigenvalue weighted by Gasteiger charge is -2.30. The maximum Gasteiger partial charge on any atom is 0.416 e. The van der Waals surface area contributed by atoms with Crippen LogP contribution in [-0.2, 0) is 32.3 Å². The number of nitrogens with zero attached hydrogens (tertiary/aromatic N) is 3. The average molecular weight is 460 g/mol. The number of methoxy groups -OCH3 is 1. The molecule has 0 bridgehead atoms. The molecule has 2 aromatic rings. The summed E-state index contributed by atoms with van der Waals surface area (Å²) in [6.45, 7) is 1.10. The monoisotopic (exact) mass is 460 g/mol. The first kappa shape index (κ1) is 23.2. The molecule has 1 aromatic carbocycles. The molecule has 3 rings (SSSR count). The number of amides is 1. The summed E-state index contributed by atoms with van der Waals surface area (Å²) in [5, 5.41) is 2.46. The summed E-state index contributed by atoms with van der Waals surface area (Å²) in [7, 11) is -2.33. The van der Waals surface area contributed by atoms with Crippen LogP contribution < -0.4 is 5.32 Å². The molecule has 1 atom stereocenters. The summed E-state index contributed by atoms with van der Waals surface area (Å²) in [4.78, 5) is 16.6. The number of carbonyl (C=O) groups excluding carboxylic acids is 1. The van der Waals surface area contributed by atoms with E-state index in [1.165, 1.54) is 36.1 Å². The van der Waals surface area contributed by atoms with Gasteiger partial charge in [0.05, 0.1) is 24.4 Å². The lowest BCUT2D eigenvalue weighted by Crippen LogP contribution is -2.43. The van der Waals surface area contributed by atoms with E-state index in [-0.39, 0.29) is 23.8 Å². The molecule has 1 N–H and O–H groups in total. The Hall–Kier alpha value is -2.44. The zero-order valence-electron chi connectivity index (χ0n) is 16.8. The van der Waals surface area contributed by atoms with Crippen LogP contribution in [0.3, 0.4) is 0 Å². The Bertz CT molecular complexity index is 1010. The lowest BCUT2D eigenvalue weighted by molar-refractivity contribution is -0.137. The van der Waals surface area contributed by atoms with Crippen molar-refractivity contribution in [2.75, 3.05) is 32.1 Å². The van der Waals surface area contributed by atoms with Crippen molar-refractivity contribution < 1.29 is 31.1 Å². The fourth-order valence-electron chi connectivity index (χ4n) is 3.29. The summed E-state index contributed by atoms with van der Waals surface area (Å²) >= 11 is 0. The Morgan fingerprint density at radius 3 is 2.65 bits per heavy atom. The molecule has 31 heavy (non-hydrogen) atoms. The molecule has 1 aliphatic heterocycles. The predicted octanol–water partition coefficient (Wildman–Crippen LogP) is 2.59. The molecule has 0 spiro atoms. The zero-order chi connectivity index (χ0) is 22.6. The van der Waals surface area contributed by atoms with Crippen LogP contribution in [0.5, 0.6) is 0 Å². The van der Waals surface area contributed by atoms with Gasteiger partial charge in [-0.3, -0.25) is 4.79 Å². The van der Waals surface area contributed by atoms with E-state index in [1.54, 1.807) is 4.57 Å². The first-order chi connectivity index (χ1) is 14.6. The van der Waals surface area contributed by atoms with Crippen molar-refractivity contribution >= 4 is 21.6 Å². The first-order valence-corrected chi connectivity index (χ1v) is 11.0. The maximum absolute atomic E-state index is 12.9. The number of ether oxygens (including phenoxy) is 1. The number of nitrogens with one attached hydrogen (secondary N) is 1. The molecule has 0 aliphatic carbocycles. The topological polar surface area (TPSA) is 93.5 Å². The van der Waals surface area contributed by atoms with E-state index in [9.17, 15) is 26.4 Å². The minimum atomic E-state index is -4.46. The van der Waals surface area contributed by atoms with Gasteiger partial charge in [-0.25, -0.2) is 13.4 Å². The van der Waals surface area contributed by atoms with E-state index in [1.807, 2.05) is 0 Å². The number of piperidine rings is 1. The fraction of sp³-hybridized carbons (Fsp3) is 0.474. The Morgan fingerprint density at radius 1 is 1.29 bits per heavy atom. The van der Waals surface area contributed by atoms with Crippen molar-refractivity contribution in [3.05, 3.63) is 42.4 Å². The molecule has 1 aliphatic rings. The number of aromatic nitrogens is 2. The highest BCUT2D eigenvalue weighted by molar-refractivity contribution is 7.89. The largest absolute Gasteiger partial charge is 0.416 e. The average Bonchev–Trinajstić information content (AvgIpc) is 3.22. The zero-order valence-corrected chi connectivity index (χ0v) is 17.6. The molecular weight excluding hydrogens is 437 g/mol. The molecule has 0 radical (unpaired) electrons. The van der Waals surface area contributed by atoms with Gasteiger partial charge in [0.15, 0.2) is 5.03 Å². The van der Waals surface area contributed by atoms with Gasteiger partial charge in [-0.2, -0.15) is 17.5 Å². The SMILES string of the molecule is COCCn1cnc(S(=O)(=O)N2CCC[C@@H](C(=O)Nc3ccc(C(F)(F)F)cc3)C2)c1. The quantitative estimate of drug-likeness (QED) is 0.686. The molecular formula is C19H23F3N4O4S. The van der Waals surface area contributed by atoms with Crippen LogP contribution in [0.4, 0.5) is 18.9 Å². The third kappa shape index (κ3) is 5.63. The van der Waals surface area contributed by atoms with Gasteiger partial charge in [0.1, 0.15) is 0 Å². The van der Waals surface area contributed by atoms with Crippen molar-refractivity contribution in [3.8, 4) is 0 Å². The molecule has 1 fully saturated rings. The van der Waals surface area contributed by atoms with Crippen LogP contribution >= 0.6 is 0 Å². The summed E-state index contributed by atoms with van der Waals surface area (Å²) in [6, 6.07) is 4.11. The fourth-order valence-corrected chi connectivity index (χ4v) is 4.74. The maximum atomic E-state index is 12.9. The predicted molar refractivity (Wildman–Crippen MR) is 106 cm³/mol. The van der Waals surface area contributed by atoms with Gasteiger partial charge in [0.25, 0.3) is 10.0 Å². The highest BCUT2D eigenvalue weighted by Gasteiger charge is 2.35. The number of hydrogen-bond donors (Lipinski definition) is 1. The van der Waals surface area contributed by atoms with Crippen molar-refractivity contribution in [3.63, 3.8) is 0 Å². The highest BCUT2D eigenvalue weighted by atomic mass is 32.2. The van der Waals surface area contributed by atoms with E-state index in [4.69, 9.17) is 4.74 Å². The minimum absolute atomic E-state index is 0.0280. The van der Waals surface area contributed by atoms with Gasteiger partial charge in [-0.1, -0.05) is 0 Å². The van der Waals surface area contributed by atoms with Crippen molar-refractivity contribution in [1.29, 1.82) is 0 Å². The summed E-state index contributed by atoms with van der Waals surface area (Å²) in [5.41, 5.74) is -0.597. The van der Waals surface area contributed by atoms with E-state index in [2.05, 4.69) is 10.3 Å². The second-order valence-corrected chi connectivity index (χ2v) is 9.09. The molecule has 170 valence electrons. The number of benzene rings is 1. The second-order valence-electron chi connectivity index (χ2n) is 7.21. The minimum Gasteiger partial charge on any atom is -0.383 e. The van der Waals surface area contributed by atoms with Crippen LogP contribution in [0.2, 0.25) is 0 Å². The number of carbonyl (C=O) groups is 1. The van der Waals surface area contributed by atoms with Gasteiger partial charge in [0, 0.05) is 38.6 Å². The third-order valence-electron chi connectivity index (χ3n) is 5.00. The molecule has 0 saturated carbocycles. The molecule has 0 unspecified atom stereocenters. The second kappa shape index (κ2) is 9.37. The van der Waals surface area contributed by atoms with Gasteiger partial charge in [-0.05, 0) is 37.1 Å². The Morgan fingerprint density at radius 2 is 2.00 bits per heavy atom. The Balaban J connectivity index is 1.65. The third-order valence-corrected chi connectivity index (χ3v) is 6.75. The van der Waals surface area contributed by atoms with E-state index < -0.39 is 33.6 Å². The molecule has 1 amide bonds. The van der Waals surface area contributed by atoms with Crippen molar-refractivity contribution in [2.45, 2.75) is 30.6 Å². The lowest BCUT2D eigenvalue weighted by atomic mass is 9.98. The highest BCUT2D eigenvalue weighted by Crippen LogP contribution is 2.30. The summed E-state index contributed by atoms with van der Waals surface area (Å²) < 4.78 is 71.6. The standard InChI is InChI=1S/C19H23F3N4O4S/c1-30-10-9-25-12-17(23-13-25)31(28,29)26-8-2-3-14(11-26)18(27)24-16-6-4-15(5-7-16)19(20,21)22/h4-7,12-14H,2-3,8-11H2,1H3,(H,24,27)/t14-/m1/s1. The summed E-state index contributed by atoms with van der Waals surface area (Å²) in [5.74, 6) is -1.06. The van der Waals surface area contributed by atoms with Crippen LogP contribution in [-0.4, -0.2) is 55.0 Å². The van der Waals surface area contributed by atoms with Gasteiger partial charge in [-0.15, -0.1) is 0 Å². The van der Waals surface area contributed by atoms with Gasteiger partial charge >= 0.3 is 6.18 Å². The number of anilines is 1. The van der Waals surface area contributed by atoms with Crippen molar-refractivity contribution in [1.82, 2.24) is 13.9 Å². The molecule has 8 nitrogen and oxygen atoms in total. The molecule has 1 saturated heterocycles. The first-order valence-electron chi connectivity index (χ1n) is 9.60. The molecule has 2 heterocycles. The smallest absolute Gasteiger partial charge is 0.383 e. The number of imidazole rings is 1. The van der Waals surface area contributed by atoms with Crippen LogP contribution in [0, 0.1) is 5.92 Å². The van der Waals surface area contributed by atoms with Crippen LogP contribution in [0.25, 0.3) is 0 Å². The summed E-state index contributed by atoms with van der Waals surface area (Å²) in [6.07, 6.45) is -0.683. The van der Waals surface area contributed by atoms with Crippen molar-refractivity contribution in [2.24, 2.45) is 5.92 Å². The number of hydrogen-bond acceptors (Lipinski definition) is 5. The normalized spacial score (nSPS) is 18.1. The number of halogens is 3. The van der Waals surface area contributed by atoms with E-state index in [0.717, 1.165) is 12.1 Å². The van der Waals surface area contributed by atoms with Gasteiger partial charge < -0.3 is 14.6 Å². The van der Waals surface area contributed by atoms with Crippen LogP contribution in [0.15, 0.2) is 41.8 Å². The van der Waals surface area contributed by atoms with Gasteiger partial charge in [0.2, 0.25) is 5.91 Å². The Labute approximate surface area is 178 Å².